The molecule has 0 spiro atoms. The highest BCUT2D eigenvalue weighted by atomic mass is 79.9. The zero-order valence-corrected chi connectivity index (χ0v) is 12.9. The molecule has 0 radical (unpaired) electrons. The van der Waals surface area contributed by atoms with Gasteiger partial charge in [0, 0.05) is 10.0 Å². The molecule has 1 unspecified atom stereocenters. The Kier molecular flexibility index (Phi) is 4.48. The van der Waals surface area contributed by atoms with E-state index in [1.165, 1.54) is 6.07 Å². The fourth-order valence-corrected chi connectivity index (χ4v) is 2.73. The molecule has 0 aliphatic carbocycles. The van der Waals surface area contributed by atoms with Crippen LogP contribution in [0, 0.1) is 12.7 Å². The van der Waals surface area contributed by atoms with E-state index in [2.05, 4.69) is 15.9 Å². The number of benzene rings is 2. The molecule has 0 N–H and O–H groups in total. The van der Waals surface area contributed by atoms with Crippen LogP contribution in [0.15, 0.2) is 40.9 Å². The molecular formula is C15H13BrClFO. The molecule has 0 saturated heterocycles. The minimum Gasteiger partial charge on any atom is -0.497 e. The van der Waals surface area contributed by atoms with Crippen LogP contribution in [-0.2, 0) is 0 Å². The summed E-state index contributed by atoms with van der Waals surface area (Å²) in [5.41, 5.74) is 2.31. The number of ether oxygens (including phenoxy) is 1. The fourth-order valence-electron chi connectivity index (χ4n) is 1.94. The molecule has 0 fully saturated rings. The monoisotopic (exact) mass is 342 g/mol. The normalized spacial score (nSPS) is 12.3. The highest BCUT2D eigenvalue weighted by Crippen LogP contribution is 2.35. The van der Waals surface area contributed by atoms with Gasteiger partial charge in [0.25, 0.3) is 0 Å². The molecule has 2 aromatic carbocycles. The number of hydrogen-bond donors (Lipinski definition) is 0. The summed E-state index contributed by atoms with van der Waals surface area (Å²) in [6, 6.07) is 10.4. The van der Waals surface area contributed by atoms with E-state index >= 15 is 0 Å². The van der Waals surface area contributed by atoms with Crippen LogP contribution < -0.4 is 4.74 Å². The largest absolute Gasteiger partial charge is 0.497 e. The lowest BCUT2D eigenvalue weighted by Gasteiger charge is -2.15. The third-order valence-corrected chi connectivity index (χ3v) is 3.94. The quantitative estimate of drug-likeness (QED) is 0.693. The second-order valence-electron chi connectivity index (χ2n) is 4.25. The molecule has 4 heteroatoms. The Morgan fingerprint density at radius 3 is 2.53 bits per heavy atom. The summed E-state index contributed by atoms with van der Waals surface area (Å²) >= 11 is 9.74. The summed E-state index contributed by atoms with van der Waals surface area (Å²) in [7, 11) is 1.61. The molecule has 0 heterocycles. The van der Waals surface area contributed by atoms with Crippen LogP contribution in [-0.4, -0.2) is 7.11 Å². The molecule has 2 rings (SSSR count). The molecule has 2 aromatic rings. The number of rotatable bonds is 3. The van der Waals surface area contributed by atoms with E-state index in [0.717, 1.165) is 21.3 Å². The molecule has 0 aliphatic heterocycles. The minimum absolute atomic E-state index is 0.307. The van der Waals surface area contributed by atoms with Gasteiger partial charge in [0.15, 0.2) is 0 Å². The number of methoxy groups -OCH3 is 1. The number of halogens is 3. The summed E-state index contributed by atoms with van der Waals surface area (Å²) in [5, 5.41) is -0.525. The van der Waals surface area contributed by atoms with Crippen LogP contribution in [0.3, 0.4) is 0 Å². The summed E-state index contributed by atoms with van der Waals surface area (Å²) in [5.74, 6) is 0.457. The highest BCUT2D eigenvalue weighted by Gasteiger charge is 2.17. The average molecular weight is 344 g/mol. The predicted octanol–water partition coefficient (Wildman–Crippen LogP) is 5.23. The van der Waals surface area contributed by atoms with E-state index in [1.807, 2.05) is 25.1 Å². The first-order valence-corrected chi connectivity index (χ1v) is 6.99. The molecular weight excluding hydrogens is 331 g/mol. The maximum absolute atomic E-state index is 13.9. The summed E-state index contributed by atoms with van der Waals surface area (Å²) in [6.07, 6.45) is 0. The molecule has 1 nitrogen and oxygen atoms in total. The van der Waals surface area contributed by atoms with Crippen LogP contribution in [0.5, 0.6) is 5.75 Å². The van der Waals surface area contributed by atoms with Gasteiger partial charge in [-0.25, -0.2) is 4.39 Å². The first kappa shape index (κ1) is 14.4. The van der Waals surface area contributed by atoms with E-state index in [1.54, 1.807) is 19.2 Å². The first-order chi connectivity index (χ1) is 9.02. The van der Waals surface area contributed by atoms with Gasteiger partial charge in [-0.2, -0.15) is 0 Å². The second-order valence-corrected chi connectivity index (χ2v) is 5.60. The Labute approximate surface area is 125 Å². The third-order valence-electron chi connectivity index (χ3n) is 2.98. The van der Waals surface area contributed by atoms with Crippen molar-refractivity contribution < 1.29 is 9.13 Å². The second kappa shape index (κ2) is 5.93. The van der Waals surface area contributed by atoms with Crippen molar-refractivity contribution in [3.63, 3.8) is 0 Å². The SMILES string of the molecule is COc1ccc(C(Cl)c2cc(Br)ccc2F)c(C)c1. The van der Waals surface area contributed by atoms with E-state index in [4.69, 9.17) is 16.3 Å². The zero-order valence-electron chi connectivity index (χ0n) is 10.6. The number of alkyl halides is 1. The predicted molar refractivity (Wildman–Crippen MR) is 79.5 cm³/mol. The minimum atomic E-state index is -0.525. The van der Waals surface area contributed by atoms with Gasteiger partial charge < -0.3 is 4.74 Å². The summed E-state index contributed by atoms with van der Waals surface area (Å²) < 4.78 is 19.8. The van der Waals surface area contributed by atoms with Crippen molar-refractivity contribution in [3.05, 3.63) is 63.4 Å². The van der Waals surface area contributed by atoms with Crippen molar-refractivity contribution in [3.8, 4) is 5.75 Å². The molecule has 100 valence electrons. The first-order valence-electron chi connectivity index (χ1n) is 5.76. The Bertz CT molecular complexity index is 601. The molecule has 0 bridgehead atoms. The van der Waals surface area contributed by atoms with Crippen LogP contribution in [0.25, 0.3) is 0 Å². The highest BCUT2D eigenvalue weighted by molar-refractivity contribution is 9.10. The topological polar surface area (TPSA) is 9.23 Å². The van der Waals surface area contributed by atoms with Crippen molar-refractivity contribution >= 4 is 27.5 Å². The van der Waals surface area contributed by atoms with Gasteiger partial charge in [-0.1, -0.05) is 22.0 Å². The van der Waals surface area contributed by atoms with Gasteiger partial charge in [-0.15, -0.1) is 11.6 Å². The molecule has 0 saturated carbocycles. The summed E-state index contributed by atoms with van der Waals surface area (Å²) in [6.45, 7) is 1.93. The van der Waals surface area contributed by atoms with E-state index in [9.17, 15) is 4.39 Å². The smallest absolute Gasteiger partial charge is 0.128 e. The van der Waals surface area contributed by atoms with E-state index in [-0.39, 0.29) is 5.82 Å². The standard InChI is InChI=1S/C15H13BrClFO/c1-9-7-11(19-2)4-5-12(9)15(17)13-8-10(16)3-6-14(13)18/h3-8,15H,1-2H3. The van der Waals surface area contributed by atoms with Gasteiger partial charge in [0.05, 0.1) is 12.5 Å². The molecule has 0 aliphatic rings. The van der Waals surface area contributed by atoms with Gasteiger partial charge in [-0.05, 0) is 48.4 Å². The lowest BCUT2D eigenvalue weighted by molar-refractivity contribution is 0.414. The molecule has 0 aromatic heterocycles. The van der Waals surface area contributed by atoms with Crippen LogP contribution in [0.2, 0.25) is 0 Å². The van der Waals surface area contributed by atoms with Crippen LogP contribution >= 0.6 is 27.5 Å². The van der Waals surface area contributed by atoms with Crippen LogP contribution in [0.1, 0.15) is 22.1 Å². The van der Waals surface area contributed by atoms with E-state index in [0.29, 0.717) is 5.56 Å². The molecule has 19 heavy (non-hydrogen) atoms. The maximum Gasteiger partial charge on any atom is 0.128 e. The Morgan fingerprint density at radius 2 is 1.89 bits per heavy atom. The van der Waals surface area contributed by atoms with Gasteiger partial charge >= 0.3 is 0 Å². The van der Waals surface area contributed by atoms with Crippen molar-refractivity contribution in [1.82, 2.24) is 0 Å². The zero-order chi connectivity index (χ0) is 14.0. The lowest BCUT2D eigenvalue weighted by Crippen LogP contribution is -2.00. The maximum atomic E-state index is 13.9. The summed E-state index contributed by atoms with van der Waals surface area (Å²) in [4.78, 5) is 0. The van der Waals surface area contributed by atoms with Gasteiger partial charge in [0.1, 0.15) is 11.6 Å². The molecule has 1 atom stereocenters. The third kappa shape index (κ3) is 3.10. The molecule has 0 amide bonds. The lowest BCUT2D eigenvalue weighted by atomic mass is 9.99. The van der Waals surface area contributed by atoms with Crippen molar-refractivity contribution in [2.45, 2.75) is 12.3 Å². The van der Waals surface area contributed by atoms with Crippen molar-refractivity contribution in [2.75, 3.05) is 7.11 Å². The Balaban J connectivity index is 2.43. The van der Waals surface area contributed by atoms with Gasteiger partial charge in [-0.3, -0.25) is 0 Å². The number of hydrogen-bond acceptors (Lipinski definition) is 1. The van der Waals surface area contributed by atoms with Gasteiger partial charge in [0.2, 0.25) is 0 Å². The van der Waals surface area contributed by atoms with Crippen molar-refractivity contribution in [1.29, 1.82) is 0 Å². The average Bonchev–Trinajstić information content (AvgIpc) is 2.40. The van der Waals surface area contributed by atoms with Crippen molar-refractivity contribution in [2.24, 2.45) is 0 Å². The van der Waals surface area contributed by atoms with E-state index < -0.39 is 5.38 Å². The Morgan fingerprint density at radius 1 is 1.16 bits per heavy atom. The Hall–Kier alpha value is -1.06. The fraction of sp³-hybridized carbons (Fsp3) is 0.200. The number of aryl methyl sites for hydroxylation is 1. The van der Waals surface area contributed by atoms with Crippen LogP contribution in [0.4, 0.5) is 4.39 Å².